The van der Waals surface area contributed by atoms with Gasteiger partial charge in [0.15, 0.2) is 11.7 Å². The van der Waals surface area contributed by atoms with Gasteiger partial charge in [-0.25, -0.2) is 9.37 Å². The maximum absolute atomic E-state index is 15.8. The molecule has 1 fully saturated rings. The summed E-state index contributed by atoms with van der Waals surface area (Å²) in [5, 5.41) is 23.8. The molecule has 10 rings (SSSR count). The van der Waals surface area contributed by atoms with E-state index in [0.29, 0.717) is 50.1 Å². The summed E-state index contributed by atoms with van der Waals surface area (Å²) in [6, 6.07) is 32.6. The number of nitrogens with one attached hydrogen (secondary N) is 1. The quantitative estimate of drug-likeness (QED) is 0.132. The van der Waals surface area contributed by atoms with E-state index in [0.717, 1.165) is 64.3 Å². The molecule has 0 radical (unpaired) electrons. The van der Waals surface area contributed by atoms with Gasteiger partial charge in [-0.05, 0) is 110 Å². The SMILES string of the molecule is Cc1sc2c(c1C)C(c1ccc(N[C@H]3CCN(CCOc4ccc([C@@H]5c6ccc(O)cc6CC[C@@H]5c5ccccc5)cc4)C[C@@H]3F)cc1)=NC(Cc1ncco1)c1nnc(C)n1-2. The van der Waals surface area contributed by atoms with Gasteiger partial charge in [0, 0.05) is 47.2 Å². The Morgan fingerprint density at radius 3 is 2.53 bits per heavy atom. The van der Waals surface area contributed by atoms with Crippen LogP contribution < -0.4 is 10.1 Å². The zero-order chi connectivity index (χ0) is 42.3. The summed E-state index contributed by atoms with van der Waals surface area (Å²) in [6.45, 7) is 8.52. The molecule has 1 saturated heterocycles. The lowest BCUT2D eigenvalue weighted by Gasteiger charge is -2.35. The second kappa shape index (κ2) is 17.0. The Balaban J connectivity index is 0.770. The number of phenols is 1. The van der Waals surface area contributed by atoms with Crippen molar-refractivity contribution in [3.8, 4) is 16.5 Å². The number of benzene rings is 4. The normalized spacial score (nSPS) is 21.0. The lowest BCUT2D eigenvalue weighted by atomic mass is 9.69. The van der Waals surface area contributed by atoms with E-state index in [1.54, 1.807) is 29.9 Å². The van der Waals surface area contributed by atoms with Crippen LogP contribution in [0.2, 0.25) is 0 Å². The molecule has 12 heteroatoms. The van der Waals surface area contributed by atoms with Gasteiger partial charge in [-0.2, -0.15) is 0 Å². The molecule has 0 spiro atoms. The van der Waals surface area contributed by atoms with Crippen molar-refractivity contribution < 1.29 is 18.7 Å². The molecule has 3 aliphatic rings. The topological polar surface area (TPSA) is 114 Å². The van der Waals surface area contributed by atoms with Crippen molar-refractivity contribution in [1.29, 1.82) is 0 Å². The molecule has 62 heavy (non-hydrogen) atoms. The van der Waals surface area contributed by atoms with Crippen molar-refractivity contribution in [1.82, 2.24) is 24.6 Å². The molecular weight excluding hydrogens is 798 g/mol. The first kappa shape index (κ1) is 40.0. The molecule has 1 aliphatic carbocycles. The number of phenolic OH excluding ortho intramolecular Hbond substituents is 1. The monoisotopic (exact) mass is 847 g/mol. The zero-order valence-electron chi connectivity index (χ0n) is 35.2. The van der Waals surface area contributed by atoms with Gasteiger partial charge in [0.1, 0.15) is 47.4 Å². The number of rotatable bonds is 11. The number of anilines is 1. The Morgan fingerprint density at radius 2 is 1.76 bits per heavy atom. The first-order valence-corrected chi connectivity index (χ1v) is 22.4. The van der Waals surface area contributed by atoms with Crippen LogP contribution in [-0.2, 0) is 12.8 Å². The third-order valence-corrected chi connectivity index (χ3v) is 14.2. The summed E-state index contributed by atoms with van der Waals surface area (Å²) in [6.07, 6.45) is 5.30. The highest BCUT2D eigenvalue weighted by Gasteiger charge is 2.34. The van der Waals surface area contributed by atoms with Crippen LogP contribution >= 0.6 is 11.3 Å². The largest absolute Gasteiger partial charge is 0.508 e. The lowest BCUT2D eigenvalue weighted by molar-refractivity contribution is 0.111. The van der Waals surface area contributed by atoms with Gasteiger partial charge in [-0.3, -0.25) is 14.5 Å². The van der Waals surface area contributed by atoms with Gasteiger partial charge in [-0.1, -0.05) is 60.7 Å². The van der Waals surface area contributed by atoms with Gasteiger partial charge in [-0.15, -0.1) is 21.5 Å². The molecule has 316 valence electrons. The van der Waals surface area contributed by atoms with Crippen LogP contribution in [0.1, 0.15) is 92.1 Å². The summed E-state index contributed by atoms with van der Waals surface area (Å²) in [4.78, 5) is 13.1. The summed E-state index contributed by atoms with van der Waals surface area (Å²) in [5.74, 6) is 3.81. The van der Waals surface area contributed by atoms with E-state index in [1.165, 1.54) is 32.7 Å². The van der Waals surface area contributed by atoms with Crippen LogP contribution in [0.15, 0.2) is 119 Å². The van der Waals surface area contributed by atoms with Crippen molar-refractivity contribution in [2.45, 2.75) is 76.5 Å². The number of nitrogens with zero attached hydrogens (tertiary/aromatic N) is 6. The number of aromatic nitrogens is 4. The number of aryl methyl sites for hydroxylation is 3. The fourth-order valence-electron chi connectivity index (χ4n) is 9.66. The number of alkyl halides is 1. The lowest BCUT2D eigenvalue weighted by Crippen LogP contribution is -2.48. The minimum Gasteiger partial charge on any atom is -0.508 e. The predicted molar refractivity (Wildman–Crippen MR) is 241 cm³/mol. The molecule has 10 nitrogen and oxygen atoms in total. The summed E-state index contributed by atoms with van der Waals surface area (Å²) in [7, 11) is 0. The second-order valence-corrected chi connectivity index (χ2v) is 18.0. The van der Waals surface area contributed by atoms with Crippen LogP contribution in [-0.4, -0.2) is 73.9 Å². The number of thiophene rings is 1. The highest BCUT2D eigenvalue weighted by molar-refractivity contribution is 7.15. The van der Waals surface area contributed by atoms with Crippen molar-refractivity contribution in [2.24, 2.45) is 4.99 Å². The van der Waals surface area contributed by atoms with Gasteiger partial charge in [0.05, 0.1) is 24.4 Å². The number of aromatic hydroxyl groups is 1. The fraction of sp³-hybridized carbons (Fsp3) is 0.320. The Hall–Kier alpha value is -6.11. The second-order valence-electron chi connectivity index (χ2n) is 16.8. The molecule has 7 aromatic rings. The number of hydrogen-bond acceptors (Lipinski definition) is 10. The van der Waals surface area contributed by atoms with Crippen LogP contribution in [0.5, 0.6) is 11.5 Å². The van der Waals surface area contributed by atoms with E-state index in [-0.39, 0.29) is 18.0 Å². The molecule has 0 saturated carbocycles. The number of fused-ring (bicyclic) bond motifs is 4. The maximum Gasteiger partial charge on any atom is 0.196 e. The molecular formula is C50H50FN7O3S. The summed E-state index contributed by atoms with van der Waals surface area (Å²) >= 11 is 1.72. The minimum absolute atomic E-state index is 0.183. The smallest absolute Gasteiger partial charge is 0.196 e. The number of oxazole rings is 1. The van der Waals surface area contributed by atoms with Crippen molar-refractivity contribution in [3.05, 3.63) is 171 Å². The van der Waals surface area contributed by atoms with E-state index in [4.69, 9.17) is 14.1 Å². The van der Waals surface area contributed by atoms with Gasteiger partial charge in [0.25, 0.3) is 0 Å². The van der Waals surface area contributed by atoms with E-state index >= 15 is 4.39 Å². The summed E-state index contributed by atoms with van der Waals surface area (Å²) < 4.78 is 29.8. The number of hydrogen-bond donors (Lipinski definition) is 2. The van der Waals surface area contributed by atoms with Crippen molar-refractivity contribution in [2.75, 3.05) is 31.6 Å². The maximum atomic E-state index is 15.8. The molecule has 0 amide bonds. The van der Waals surface area contributed by atoms with E-state index in [1.807, 2.05) is 25.1 Å². The Bertz CT molecular complexity index is 2700. The van der Waals surface area contributed by atoms with Crippen LogP contribution in [0.4, 0.5) is 10.1 Å². The van der Waals surface area contributed by atoms with E-state index in [2.05, 4.69) is 117 Å². The van der Waals surface area contributed by atoms with Gasteiger partial charge in [0.2, 0.25) is 0 Å². The highest BCUT2D eigenvalue weighted by atomic mass is 32.1. The number of ether oxygens (including phenoxy) is 1. The number of halogens is 1. The minimum atomic E-state index is -1.03. The Labute approximate surface area is 365 Å². The number of aliphatic imine (C=N–C) groups is 1. The van der Waals surface area contributed by atoms with Crippen LogP contribution in [0.3, 0.4) is 0 Å². The van der Waals surface area contributed by atoms with Crippen molar-refractivity contribution >= 4 is 22.7 Å². The van der Waals surface area contributed by atoms with Gasteiger partial charge >= 0.3 is 0 Å². The van der Waals surface area contributed by atoms with Crippen LogP contribution in [0, 0.1) is 20.8 Å². The standard InChI is InChI=1S/C50H50FN7O3S/c1-30-31(2)62-50-46(30)48(54-44(28-45-52-22-25-61-45)49-56-55-32(3)58(49)50)35-9-14-37(15-10-35)53-43-21-23-57(29-42(43)51)24-26-60-39-17-11-34(12-18-39)47-40(33-7-5-4-6-8-33)19-13-36-27-38(59)16-20-41(36)47/h4-12,14-18,20,22,25,27,40,42-44,47,53,59H,13,19,21,23-24,26,28-29H2,1-3H3/t40-,42+,43+,44?,47+/m1/s1. The average Bonchev–Trinajstić information content (AvgIpc) is 4.00. The molecule has 3 aromatic heterocycles. The van der Waals surface area contributed by atoms with Crippen LogP contribution in [0.25, 0.3) is 5.00 Å². The molecule has 4 aromatic carbocycles. The fourth-order valence-corrected chi connectivity index (χ4v) is 10.9. The predicted octanol–water partition coefficient (Wildman–Crippen LogP) is 9.85. The first-order chi connectivity index (χ1) is 30.3. The summed E-state index contributed by atoms with van der Waals surface area (Å²) in [5.41, 5.74) is 10.1. The van der Waals surface area contributed by atoms with Gasteiger partial charge < -0.3 is 19.6 Å². The third-order valence-electron chi connectivity index (χ3n) is 13.0. The Kier molecular flexibility index (Phi) is 11.0. The molecule has 1 unspecified atom stereocenters. The number of piperidine rings is 1. The highest BCUT2D eigenvalue weighted by Crippen LogP contribution is 2.47. The van der Waals surface area contributed by atoms with E-state index < -0.39 is 6.17 Å². The molecule has 5 atom stereocenters. The van der Waals surface area contributed by atoms with E-state index in [9.17, 15) is 5.11 Å². The molecule has 2 N–H and O–H groups in total. The molecule has 5 heterocycles. The van der Waals surface area contributed by atoms with Crippen molar-refractivity contribution in [3.63, 3.8) is 0 Å². The third kappa shape index (κ3) is 7.81. The Morgan fingerprint density at radius 1 is 0.935 bits per heavy atom. The average molecular weight is 848 g/mol. The molecule has 0 bridgehead atoms. The molecule has 2 aliphatic heterocycles. The first-order valence-electron chi connectivity index (χ1n) is 21.6. The number of likely N-dealkylation sites (tertiary alicyclic amines) is 1. The zero-order valence-corrected chi connectivity index (χ0v) is 36.0.